The van der Waals surface area contributed by atoms with Gasteiger partial charge in [-0.15, -0.1) is 0 Å². The van der Waals surface area contributed by atoms with E-state index in [9.17, 15) is 0 Å². The maximum atomic E-state index is 2.48. The topological polar surface area (TPSA) is 0 Å². The van der Waals surface area contributed by atoms with E-state index in [-0.39, 0.29) is 0 Å². The van der Waals surface area contributed by atoms with Crippen molar-refractivity contribution in [2.45, 2.75) is 51.4 Å². The Morgan fingerprint density at radius 2 is 0.875 bits per heavy atom. The average Bonchev–Trinajstić information content (AvgIpc) is 3.34. The fraction of sp³-hybridized carbons (Fsp3) is 0.250. The molecule has 0 bridgehead atoms. The molecule has 2 unspecified atom stereocenters. The molecule has 158 valence electrons. The van der Waals surface area contributed by atoms with E-state index in [1.165, 1.54) is 57.3 Å². The van der Waals surface area contributed by atoms with Gasteiger partial charge in [-0.05, 0) is 81.3 Å². The predicted molar refractivity (Wildman–Crippen MR) is 135 cm³/mol. The van der Waals surface area contributed by atoms with Crippen molar-refractivity contribution in [3.63, 3.8) is 0 Å². The molecule has 0 radical (unpaired) electrons. The van der Waals surface area contributed by atoms with Crippen molar-refractivity contribution < 1.29 is 0 Å². The fourth-order valence-electron chi connectivity index (χ4n) is 6.11. The van der Waals surface area contributed by atoms with Crippen LogP contribution in [0.5, 0.6) is 0 Å². The van der Waals surface area contributed by atoms with Gasteiger partial charge >= 0.3 is 0 Å². The highest BCUT2D eigenvalue weighted by Gasteiger charge is 2.32. The zero-order valence-corrected chi connectivity index (χ0v) is 19.1. The van der Waals surface area contributed by atoms with E-state index in [2.05, 4.69) is 98.8 Å². The zero-order chi connectivity index (χ0) is 21.7. The summed E-state index contributed by atoms with van der Waals surface area (Å²) in [5.41, 5.74) is 14.8. The molecule has 2 atom stereocenters. The van der Waals surface area contributed by atoms with Crippen LogP contribution in [0.4, 0.5) is 0 Å². The summed E-state index contributed by atoms with van der Waals surface area (Å²) in [5.74, 6) is 0.997. The number of hydrogen-bond donors (Lipinski definition) is 0. The number of hydrogen-bond acceptors (Lipinski definition) is 0. The lowest BCUT2D eigenvalue weighted by molar-refractivity contribution is 0.625. The Labute approximate surface area is 192 Å². The Morgan fingerprint density at radius 1 is 0.469 bits per heavy atom. The average molecular weight is 415 g/mol. The summed E-state index contributed by atoms with van der Waals surface area (Å²) in [5, 5.41) is 0. The van der Waals surface area contributed by atoms with Crippen LogP contribution in [0.2, 0.25) is 0 Å². The molecular formula is C32H30. The van der Waals surface area contributed by atoms with Gasteiger partial charge in [0, 0.05) is 11.8 Å². The number of benzene rings is 4. The summed E-state index contributed by atoms with van der Waals surface area (Å²) in [4.78, 5) is 0. The van der Waals surface area contributed by atoms with Crippen molar-refractivity contribution in [1.29, 1.82) is 0 Å². The smallest absolute Gasteiger partial charge is 0.0102 e. The summed E-state index contributed by atoms with van der Waals surface area (Å²) in [6.45, 7) is 4.52. The second-order valence-electron chi connectivity index (χ2n) is 9.41. The monoisotopic (exact) mass is 414 g/mol. The van der Waals surface area contributed by atoms with Crippen molar-refractivity contribution in [2.24, 2.45) is 0 Å². The van der Waals surface area contributed by atoms with Gasteiger partial charge in [0.1, 0.15) is 0 Å². The van der Waals surface area contributed by atoms with Crippen LogP contribution < -0.4 is 0 Å². The maximum Gasteiger partial charge on any atom is 0.0102 e. The van der Waals surface area contributed by atoms with Crippen molar-refractivity contribution >= 4 is 0 Å². The summed E-state index contributed by atoms with van der Waals surface area (Å²) < 4.78 is 0. The van der Waals surface area contributed by atoms with Gasteiger partial charge in [0.15, 0.2) is 0 Å². The molecule has 0 heterocycles. The molecule has 2 aliphatic carbocycles. The van der Waals surface area contributed by atoms with Crippen LogP contribution in [0.3, 0.4) is 0 Å². The summed E-state index contributed by atoms with van der Waals surface area (Å²) >= 11 is 0. The Balaban J connectivity index is 1.39. The van der Waals surface area contributed by atoms with Gasteiger partial charge in [0.05, 0.1) is 0 Å². The van der Waals surface area contributed by atoms with Gasteiger partial charge in [-0.3, -0.25) is 0 Å². The highest BCUT2D eigenvalue weighted by Crippen LogP contribution is 2.51. The summed E-state index contributed by atoms with van der Waals surface area (Å²) in [6.07, 6.45) is 4.57. The molecule has 0 aromatic heterocycles. The molecule has 0 saturated heterocycles. The van der Waals surface area contributed by atoms with Crippen LogP contribution in [0.15, 0.2) is 84.9 Å². The molecule has 4 aromatic rings. The second kappa shape index (κ2) is 7.78. The van der Waals surface area contributed by atoms with Gasteiger partial charge in [0.25, 0.3) is 0 Å². The molecular weight excluding hydrogens is 384 g/mol. The first-order valence-corrected chi connectivity index (χ1v) is 12.2. The normalized spacial score (nSPS) is 17.6. The van der Waals surface area contributed by atoms with E-state index in [0.29, 0.717) is 11.8 Å². The minimum absolute atomic E-state index is 0.498. The number of rotatable bonds is 5. The maximum absolute atomic E-state index is 2.48. The molecule has 6 rings (SSSR count). The van der Waals surface area contributed by atoms with Gasteiger partial charge in [-0.25, -0.2) is 0 Å². The molecule has 0 amide bonds. The van der Waals surface area contributed by atoms with E-state index >= 15 is 0 Å². The van der Waals surface area contributed by atoms with Crippen molar-refractivity contribution in [1.82, 2.24) is 0 Å². The number of fused-ring (bicyclic) bond motifs is 6. The minimum Gasteiger partial charge on any atom is -0.0619 e. The summed E-state index contributed by atoms with van der Waals surface area (Å²) in [6, 6.07) is 32.5. The van der Waals surface area contributed by atoms with Crippen molar-refractivity contribution in [3.8, 4) is 22.3 Å². The van der Waals surface area contributed by atoms with Crippen LogP contribution in [-0.4, -0.2) is 0 Å². The van der Waals surface area contributed by atoms with Crippen LogP contribution in [0.1, 0.15) is 71.9 Å². The standard InChI is InChI=1S/C32H30/c1-3-21-13-15-27-23-9-5-7-11-25(23)29(31(27)19-21)17-18-30-26-12-8-6-10-24(26)28-16-14-22(4-2)20-32(28)30/h5-16,19-20,29-30H,3-4,17-18H2,1-2H3. The summed E-state index contributed by atoms with van der Waals surface area (Å²) in [7, 11) is 0. The first-order valence-electron chi connectivity index (χ1n) is 12.2. The highest BCUT2D eigenvalue weighted by molar-refractivity contribution is 5.80. The van der Waals surface area contributed by atoms with Crippen LogP contribution >= 0.6 is 0 Å². The van der Waals surface area contributed by atoms with Gasteiger partial charge in [0.2, 0.25) is 0 Å². The van der Waals surface area contributed by atoms with Crippen LogP contribution in [0.25, 0.3) is 22.3 Å². The van der Waals surface area contributed by atoms with Crippen molar-refractivity contribution in [2.75, 3.05) is 0 Å². The Kier molecular flexibility index (Phi) is 4.76. The molecule has 0 nitrogen and oxygen atoms in total. The van der Waals surface area contributed by atoms with Gasteiger partial charge in [-0.2, -0.15) is 0 Å². The Hall–Kier alpha value is -3.12. The molecule has 0 aliphatic heterocycles. The lowest BCUT2D eigenvalue weighted by atomic mass is 9.84. The third-order valence-electron chi connectivity index (χ3n) is 7.80. The van der Waals surface area contributed by atoms with Crippen LogP contribution in [0, 0.1) is 0 Å². The Morgan fingerprint density at radius 3 is 1.31 bits per heavy atom. The van der Waals surface area contributed by atoms with E-state index in [4.69, 9.17) is 0 Å². The first kappa shape index (κ1) is 19.6. The first-order chi connectivity index (χ1) is 15.8. The van der Waals surface area contributed by atoms with Crippen molar-refractivity contribution in [3.05, 3.63) is 118 Å². The molecule has 0 spiro atoms. The molecule has 0 saturated carbocycles. The molecule has 4 aromatic carbocycles. The van der Waals surface area contributed by atoms with Gasteiger partial charge in [-0.1, -0.05) is 98.8 Å². The van der Waals surface area contributed by atoms with E-state index < -0.39 is 0 Å². The quantitative estimate of drug-likeness (QED) is 0.307. The molecule has 0 fully saturated rings. The second-order valence-corrected chi connectivity index (χ2v) is 9.41. The van der Waals surface area contributed by atoms with E-state index in [0.717, 1.165) is 12.8 Å². The number of aryl methyl sites for hydroxylation is 2. The molecule has 2 aliphatic rings. The molecule has 0 N–H and O–H groups in total. The molecule has 0 heteroatoms. The van der Waals surface area contributed by atoms with Gasteiger partial charge < -0.3 is 0 Å². The zero-order valence-electron chi connectivity index (χ0n) is 19.1. The fourth-order valence-corrected chi connectivity index (χ4v) is 6.11. The minimum atomic E-state index is 0.498. The van der Waals surface area contributed by atoms with E-state index in [1.807, 2.05) is 0 Å². The highest BCUT2D eigenvalue weighted by atomic mass is 14.4. The lowest BCUT2D eigenvalue weighted by Crippen LogP contribution is -2.03. The third-order valence-corrected chi connectivity index (χ3v) is 7.80. The predicted octanol–water partition coefficient (Wildman–Crippen LogP) is 8.52. The molecule has 32 heavy (non-hydrogen) atoms. The van der Waals surface area contributed by atoms with Crippen LogP contribution in [-0.2, 0) is 12.8 Å². The largest absolute Gasteiger partial charge is 0.0619 e. The Bertz CT molecular complexity index is 1210. The SMILES string of the molecule is CCc1ccc2c(c1)C(CCC1c3ccccc3-c3ccc(CC)cc31)c1ccccc1-2. The van der Waals surface area contributed by atoms with E-state index in [1.54, 1.807) is 11.1 Å². The lowest BCUT2D eigenvalue weighted by Gasteiger charge is -2.19. The third kappa shape index (κ3) is 2.97.